The normalized spacial score (nSPS) is 15.8. The monoisotopic (exact) mass is 431 g/mol. The van der Waals surface area contributed by atoms with Crippen molar-refractivity contribution < 1.29 is 4.79 Å². The van der Waals surface area contributed by atoms with E-state index in [-0.39, 0.29) is 5.91 Å². The first kappa shape index (κ1) is 15.6. The molecule has 0 spiro atoms. The van der Waals surface area contributed by atoms with E-state index in [2.05, 4.69) is 33.6 Å². The lowest BCUT2D eigenvalue weighted by atomic mass is 9.95. The highest BCUT2D eigenvalue weighted by Crippen LogP contribution is 2.28. The third-order valence-electron chi connectivity index (χ3n) is 4.68. The molecule has 5 heteroatoms. The van der Waals surface area contributed by atoms with E-state index in [1.807, 2.05) is 47.4 Å². The summed E-state index contributed by atoms with van der Waals surface area (Å²) in [6, 6.07) is 15.9. The van der Waals surface area contributed by atoms with Crippen molar-refractivity contribution in [1.29, 1.82) is 0 Å². The van der Waals surface area contributed by atoms with Crippen molar-refractivity contribution in [2.75, 3.05) is 13.1 Å². The molecule has 1 fully saturated rings. The van der Waals surface area contributed by atoms with Crippen molar-refractivity contribution in [3.63, 3.8) is 0 Å². The first-order chi connectivity index (χ1) is 11.7. The number of hydrogen-bond acceptors (Lipinski definition) is 2. The molecule has 0 radical (unpaired) electrons. The van der Waals surface area contributed by atoms with Crippen LogP contribution in [0.2, 0.25) is 0 Å². The molecular formula is C19H18IN3O. The Kier molecular flexibility index (Phi) is 4.26. The fourth-order valence-electron chi connectivity index (χ4n) is 3.33. The number of likely N-dealkylation sites (tertiary alicyclic amines) is 1. The number of piperidine rings is 1. The van der Waals surface area contributed by atoms with Gasteiger partial charge in [-0.25, -0.2) is 4.98 Å². The number of imidazole rings is 1. The van der Waals surface area contributed by atoms with Crippen LogP contribution in [-0.2, 0) is 0 Å². The van der Waals surface area contributed by atoms with E-state index in [0.717, 1.165) is 51.9 Å². The average molecular weight is 431 g/mol. The van der Waals surface area contributed by atoms with E-state index in [9.17, 15) is 4.79 Å². The number of nitrogens with zero attached hydrogens (tertiary/aromatic N) is 2. The van der Waals surface area contributed by atoms with E-state index < -0.39 is 0 Å². The largest absolute Gasteiger partial charge is 0.342 e. The Hall–Kier alpha value is -1.89. The van der Waals surface area contributed by atoms with Gasteiger partial charge >= 0.3 is 0 Å². The van der Waals surface area contributed by atoms with Crippen LogP contribution in [0.25, 0.3) is 11.0 Å². The number of H-pyrrole nitrogens is 1. The Morgan fingerprint density at radius 2 is 1.79 bits per heavy atom. The highest BCUT2D eigenvalue weighted by molar-refractivity contribution is 14.1. The molecule has 0 saturated carbocycles. The zero-order valence-corrected chi connectivity index (χ0v) is 15.4. The first-order valence-electron chi connectivity index (χ1n) is 8.21. The van der Waals surface area contributed by atoms with Crippen LogP contribution in [0.5, 0.6) is 0 Å². The van der Waals surface area contributed by atoms with E-state index in [1.165, 1.54) is 0 Å². The van der Waals surface area contributed by atoms with Gasteiger partial charge in [0.1, 0.15) is 5.82 Å². The van der Waals surface area contributed by atoms with Gasteiger partial charge in [-0.2, -0.15) is 0 Å². The molecular weight excluding hydrogens is 413 g/mol. The molecule has 2 aromatic carbocycles. The van der Waals surface area contributed by atoms with Crippen molar-refractivity contribution in [1.82, 2.24) is 14.9 Å². The summed E-state index contributed by atoms with van der Waals surface area (Å²) < 4.78 is 1.01. The first-order valence-corrected chi connectivity index (χ1v) is 9.29. The Morgan fingerprint density at radius 1 is 1.08 bits per heavy atom. The topological polar surface area (TPSA) is 49.0 Å². The number of carbonyl (C=O) groups is 1. The fraction of sp³-hybridized carbons (Fsp3) is 0.263. The third-order valence-corrected chi connectivity index (χ3v) is 5.62. The predicted octanol–water partition coefficient (Wildman–Crippen LogP) is 4.19. The molecule has 1 aromatic heterocycles. The van der Waals surface area contributed by atoms with Crippen molar-refractivity contribution in [2.45, 2.75) is 18.8 Å². The number of fused-ring (bicyclic) bond motifs is 1. The Balaban J connectivity index is 1.47. The van der Waals surface area contributed by atoms with Crippen LogP contribution < -0.4 is 0 Å². The van der Waals surface area contributed by atoms with Crippen LogP contribution in [0.3, 0.4) is 0 Å². The Labute approximate surface area is 154 Å². The molecule has 0 bridgehead atoms. The summed E-state index contributed by atoms with van der Waals surface area (Å²) in [5.41, 5.74) is 2.91. The van der Waals surface area contributed by atoms with Gasteiger partial charge in [0.05, 0.1) is 16.6 Å². The highest BCUT2D eigenvalue weighted by Gasteiger charge is 2.27. The summed E-state index contributed by atoms with van der Waals surface area (Å²) in [5, 5.41) is 0. The zero-order chi connectivity index (χ0) is 16.5. The van der Waals surface area contributed by atoms with E-state index in [0.29, 0.717) is 5.92 Å². The molecule has 1 aliphatic heterocycles. The fourth-order valence-corrected chi connectivity index (χ4v) is 3.94. The number of para-hydroxylation sites is 2. The van der Waals surface area contributed by atoms with Gasteiger partial charge in [-0.05, 0) is 59.7 Å². The van der Waals surface area contributed by atoms with E-state index >= 15 is 0 Å². The molecule has 24 heavy (non-hydrogen) atoms. The van der Waals surface area contributed by atoms with Crippen molar-refractivity contribution in [3.05, 3.63) is 63.5 Å². The standard InChI is InChI=1S/C19H18IN3O/c20-15-6-2-1-5-14(15)19(24)23-11-9-13(10-12-23)18-21-16-7-3-4-8-17(16)22-18/h1-8,13H,9-12H2,(H,21,22). The Morgan fingerprint density at radius 3 is 2.54 bits per heavy atom. The lowest BCUT2D eigenvalue weighted by Crippen LogP contribution is -2.38. The molecule has 3 aromatic rings. The van der Waals surface area contributed by atoms with Gasteiger partial charge in [-0.15, -0.1) is 0 Å². The number of aromatic nitrogens is 2. The van der Waals surface area contributed by atoms with Gasteiger partial charge in [0.15, 0.2) is 0 Å². The molecule has 4 rings (SSSR count). The van der Waals surface area contributed by atoms with Gasteiger partial charge in [0.2, 0.25) is 0 Å². The molecule has 0 aliphatic carbocycles. The molecule has 0 unspecified atom stereocenters. The van der Waals surface area contributed by atoms with Crippen LogP contribution >= 0.6 is 22.6 Å². The minimum atomic E-state index is 0.142. The molecule has 0 atom stereocenters. The number of aromatic amines is 1. The van der Waals surface area contributed by atoms with Crippen LogP contribution in [0.15, 0.2) is 48.5 Å². The van der Waals surface area contributed by atoms with Crippen LogP contribution in [-0.4, -0.2) is 33.9 Å². The number of rotatable bonds is 2. The number of benzene rings is 2. The zero-order valence-electron chi connectivity index (χ0n) is 13.2. The maximum absolute atomic E-state index is 12.7. The molecule has 1 aliphatic rings. The van der Waals surface area contributed by atoms with Gasteiger partial charge in [0, 0.05) is 22.6 Å². The number of halogens is 1. The van der Waals surface area contributed by atoms with Gasteiger partial charge in [0.25, 0.3) is 5.91 Å². The number of amides is 1. The molecule has 122 valence electrons. The van der Waals surface area contributed by atoms with Crippen LogP contribution in [0, 0.1) is 3.57 Å². The summed E-state index contributed by atoms with van der Waals surface area (Å²) in [4.78, 5) is 22.8. The van der Waals surface area contributed by atoms with E-state index in [4.69, 9.17) is 4.98 Å². The smallest absolute Gasteiger partial charge is 0.254 e. The molecule has 1 amide bonds. The summed E-state index contributed by atoms with van der Waals surface area (Å²) in [6.07, 6.45) is 1.91. The van der Waals surface area contributed by atoms with E-state index in [1.54, 1.807) is 0 Å². The Bertz CT molecular complexity index is 848. The predicted molar refractivity (Wildman–Crippen MR) is 103 cm³/mol. The number of nitrogens with one attached hydrogen (secondary N) is 1. The maximum atomic E-state index is 12.7. The SMILES string of the molecule is O=C(c1ccccc1I)N1CCC(c2nc3ccccc3[nH]2)CC1. The summed E-state index contributed by atoms with van der Waals surface area (Å²) in [5.74, 6) is 1.59. The lowest BCUT2D eigenvalue weighted by molar-refractivity contribution is 0.0710. The van der Waals surface area contributed by atoms with Crippen LogP contribution in [0.4, 0.5) is 0 Å². The van der Waals surface area contributed by atoms with Crippen molar-refractivity contribution in [3.8, 4) is 0 Å². The average Bonchev–Trinajstić information content (AvgIpc) is 3.06. The third kappa shape index (κ3) is 2.92. The molecule has 1 saturated heterocycles. The van der Waals surface area contributed by atoms with Gasteiger partial charge in [-0.1, -0.05) is 24.3 Å². The lowest BCUT2D eigenvalue weighted by Gasteiger charge is -2.31. The molecule has 1 N–H and O–H groups in total. The van der Waals surface area contributed by atoms with Crippen LogP contribution in [0.1, 0.15) is 34.9 Å². The number of hydrogen-bond donors (Lipinski definition) is 1. The van der Waals surface area contributed by atoms with Crippen molar-refractivity contribution >= 4 is 39.5 Å². The second kappa shape index (κ2) is 6.55. The minimum Gasteiger partial charge on any atom is -0.342 e. The highest BCUT2D eigenvalue weighted by atomic mass is 127. The molecule has 2 heterocycles. The maximum Gasteiger partial charge on any atom is 0.254 e. The number of carbonyl (C=O) groups excluding carboxylic acids is 1. The quantitative estimate of drug-likeness (QED) is 0.619. The molecule has 4 nitrogen and oxygen atoms in total. The van der Waals surface area contributed by atoms with Gasteiger partial charge in [-0.3, -0.25) is 4.79 Å². The second-order valence-corrected chi connectivity index (χ2v) is 7.35. The summed E-state index contributed by atoms with van der Waals surface area (Å²) in [7, 11) is 0. The summed E-state index contributed by atoms with van der Waals surface area (Å²) in [6.45, 7) is 1.57. The summed E-state index contributed by atoms with van der Waals surface area (Å²) >= 11 is 2.23. The minimum absolute atomic E-state index is 0.142. The van der Waals surface area contributed by atoms with Gasteiger partial charge < -0.3 is 9.88 Å². The van der Waals surface area contributed by atoms with Crippen molar-refractivity contribution in [2.24, 2.45) is 0 Å². The second-order valence-electron chi connectivity index (χ2n) is 6.19.